The van der Waals surface area contributed by atoms with Crippen molar-refractivity contribution in [3.63, 3.8) is 0 Å². The van der Waals surface area contributed by atoms with Crippen LogP contribution in [0.25, 0.3) is 0 Å². The van der Waals surface area contributed by atoms with Gasteiger partial charge in [0, 0.05) is 25.2 Å². The maximum atomic E-state index is 13.8. The zero-order chi connectivity index (χ0) is 19.4. The van der Waals surface area contributed by atoms with Crippen molar-refractivity contribution in [2.75, 3.05) is 18.0 Å². The molecule has 1 aliphatic heterocycles. The van der Waals surface area contributed by atoms with Gasteiger partial charge in [-0.2, -0.15) is 0 Å². The molecule has 27 heavy (non-hydrogen) atoms. The summed E-state index contributed by atoms with van der Waals surface area (Å²) in [5, 5.41) is 12.8. The van der Waals surface area contributed by atoms with Crippen LogP contribution in [0, 0.1) is 5.82 Å². The van der Waals surface area contributed by atoms with Gasteiger partial charge in [0.1, 0.15) is 5.82 Å². The normalized spacial score (nSPS) is 19.2. The minimum Gasteiger partial charge on any atom is -0.407 e. The highest BCUT2D eigenvalue weighted by atomic mass is 35.5. The molecule has 0 aromatic heterocycles. The van der Waals surface area contributed by atoms with Crippen molar-refractivity contribution in [2.24, 2.45) is 0 Å². The topological polar surface area (TPSA) is 78.9 Å². The molecule has 2 aromatic rings. The molecule has 1 fully saturated rings. The fraction of sp³-hybridized carbons (Fsp3) is 0.263. The number of nitrogens with zero attached hydrogens (tertiary/aromatic N) is 1. The SMILES string of the molecule is O=C(NCCc1cccc(Cl)c1F)O[C@@]1(O)CCN(c2ccccc2)C1=O. The summed E-state index contributed by atoms with van der Waals surface area (Å²) >= 11 is 5.70. The maximum Gasteiger partial charge on any atom is 0.410 e. The number of halogens is 2. The third kappa shape index (κ3) is 4.20. The van der Waals surface area contributed by atoms with Crippen LogP contribution < -0.4 is 10.2 Å². The summed E-state index contributed by atoms with van der Waals surface area (Å²) in [6, 6.07) is 13.4. The number of hydrogen-bond donors (Lipinski definition) is 2. The van der Waals surface area contributed by atoms with Crippen LogP contribution in [0.5, 0.6) is 0 Å². The van der Waals surface area contributed by atoms with Crippen LogP contribution in [0.4, 0.5) is 14.9 Å². The Morgan fingerprint density at radius 3 is 2.74 bits per heavy atom. The second kappa shape index (κ2) is 7.94. The van der Waals surface area contributed by atoms with Crippen LogP contribution in [0.3, 0.4) is 0 Å². The highest BCUT2D eigenvalue weighted by Gasteiger charge is 2.49. The first kappa shape index (κ1) is 19.1. The van der Waals surface area contributed by atoms with Crippen LogP contribution in [0.15, 0.2) is 48.5 Å². The average molecular weight is 393 g/mol. The van der Waals surface area contributed by atoms with Crippen LogP contribution >= 0.6 is 11.6 Å². The Morgan fingerprint density at radius 1 is 1.26 bits per heavy atom. The van der Waals surface area contributed by atoms with Gasteiger partial charge in [0.05, 0.1) is 5.02 Å². The second-order valence-corrected chi connectivity index (χ2v) is 6.51. The average Bonchev–Trinajstić information content (AvgIpc) is 2.94. The molecule has 1 atom stereocenters. The van der Waals surface area contributed by atoms with Crippen molar-refractivity contribution in [2.45, 2.75) is 18.6 Å². The molecule has 142 valence electrons. The number of carbonyl (C=O) groups excluding carboxylic acids is 2. The summed E-state index contributed by atoms with van der Waals surface area (Å²) in [4.78, 5) is 25.8. The molecule has 1 heterocycles. The van der Waals surface area contributed by atoms with Gasteiger partial charge in [-0.05, 0) is 30.2 Å². The smallest absolute Gasteiger partial charge is 0.407 e. The van der Waals surface area contributed by atoms with Crippen molar-refractivity contribution in [3.05, 3.63) is 64.9 Å². The summed E-state index contributed by atoms with van der Waals surface area (Å²) in [6.07, 6.45) is -0.815. The zero-order valence-electron chi connectivity index (χ0n) is 14.3. The van der Waals surface area contributed by atoms with Crippen molar-refractivity contribution in [1.82, 2.24) is 5.32 Å². The number of carbonyl (C=O) groups is 2. The Morgan fingerprint density at radius 2 is 2.00 bits per heavy atom. The summed E-state index contributed by atoms with van der Waals surface area (Å²) < 4.78 is 18.8. The zero-order valence-corrected chi connectivity index (χ0v) is 15.1. The third-order valence-corrected chi connectivity index (χ3v) is 4.57. The van der Waals surface area contributed by atoms with E-state index in [0.717, 1.165) is 0 Å². The quantitative estimate of drug-likeness (QED) is 0.767. The molecule has 0 bridgehead atoms. The van der Waals surface area contributed by atoms with E-state index in [1.165, 1.54) is 11.0 Å². The molecule has 2 amide bonds. The lowest BCUT2D eigenvalue weighted by atomic mass is 10.1. The molecule has 1 saturated heterocycles. The van der Waals surface area contributed by atoms with Gasteiger partial charge in [-0.25, -0.2) is 9.18 Å². The molecule has 0 radical (unpaired) electrons. The first-order valence-electron chi connectivity index (χ1n) is 8.40. The number of nitrogens with one attached hydrogen (secondary N) is 1. The number of alkyl carbamates (subject to hydrolysis) is 1. The van der Waals surface area contributed by atoms with Crippen LogP contribution in [0.1, 0.15) is 12.0 Å². The monoisotopic (exact) mass is 392 g/mol. The fourth-order valence-corrected chi connectivity index (χ4v) is 3.06. The molecule has 3 rings (SSSR count). The van der Waals surface area contributed by atoms with E-state index in [4.69, 9.17) is 16.3 Å². The Hall–Kier alpha value is -2.64. The van der Waals surface area contributed by atoms with Gasteiger partial charge in [-0.3, -0.25) is 4.79 Å². The van der Waals surface area contributed by atoms with Gasteiger partial charge in [0.15, 0.2) is 0 Å². The van der Waals surface area contributed by atoms with Gasteiger partial charge in [-0.1, -0.05) is 41.9 Å². The minimum atomic E-state index is -2.22. The molecule has 6 nitrogen and oxygen atoms in total. The molecular formula is C19H18ClFN2O4. The van der Waals surface area contributed by atoms with Crippen molar-refractivity contribution >= 4 is 29.3 Å². The molecule has 1 aliphatic rings. The van der Waals surface area contributed by atoms with Crippen molar-refractivity contribution in [1.29, 1.82) is 0 Å². The van der Waals surface area contributed by atoms with E-state index >= 15 is 0 Å². The van der Waals surface area contributed by atoms with E-state index in [9.17, 15) is 19.1 Å². The second-order valence-electron chi connectivity index (χ2n) is 6.11. The number of ether oxygens (including phenoxy) is 1. The van der Waals surface area contributed by atoms with Crippen molar-refractivity contribution in [3.8, 4) is 0 Å². The molecule has 2 aromatic carbocycles. The minimum absolute atomic E-state index is 0.00180. The van der Waals surface area contributed by atoms with Crippen molar-refractivity contribution < 1.29 is 23.8 Å². The van der Waals surface area contributed by atoms with E-state index in [2.05, 4.69) is 5.32 Å². The lowest BCUT2D eigenvalue weighted by Gasteiger charge is -2.22. The number of hydrogen-bond acceptors (Lipinski definition) is 4. The third-order valence-electron chi connectivity index (χ3n) is 4.28. The molecule has 8 heteroatoms. The van der Waals surface area contributed by atoms with E-state index in [-0.39, 0.29) is 31.0 Å². The summed E-state index contributed by atoms with van der Waals surface area (Å²) in [6.45, 7) is 0.281. The molecule has 0 saturated carbocycles. The maximum absolute atomic E-state index is 13.8. The van der Waals surface area contributed by atoms with Crippen LogP contribution in [-0.4, -0.2) is 36.0 Å². The lowest BCUT2D eigenvalue weighted by molar-refractivity contribution is -0.175. The van der Waals surface area contributed by atoms with Gasteiger partial charge in [0.2, 0.25) is 0 Å². The van der Waals surface area contributed by atoms with Gasteiger partial charge >= 0.3 is 6.09 Å². The molecule has 0 unspecified atom stereocenters. The Balaban J connectivity index is 1.54. The number of rotatable bonds is 5. The highest BCUT2D eigenvalue weighted by molar-refractivity contribution is 6.30. The first-order chi connectivity index (χ1) is 12.9. The molecule has 2 N–H and O–H groups in total. The predicted molar refractivity (Wildman–Crippen MR) is 98.0 cm³/mol. The van der Waals surface area contributed by atoms with Crippen LogP contribution in [-0.2, 0) is 16.0 Å². The summed E-state index contributed by atoms with van der Waals surface area (Å²) in [7, 11) is 0. The largest absolute Gasteiger partial charge is 0.410 e. The number of anilines is 1. The van der Waals surface area contributed by atoms with E-state index < -0.39 is 23.6 Å². The van der Waals surface area contributed by atoms with Gasteiger partial charge < -0.3 is 20.1 Å². The summed E-state index contributed by atoms with van der Waals surface area (Å²) in [5.41, 5.74) is 0.951. The summed E-state index contributed by atoms with van der Waals surface area (Å²) in [5.74, 6) is -3.47. The van der Waals surface area contributed by atoms with Crippen LogP contribution in [0.2, 0.25) is 5.02 Å². The van der Waals surface area contributed by atoms with Gasteiger partial charge in [0.25, 0.3) is 11.7 Å². The van der Waals surface area contributed by atoms with Gasteiger partial charge in [-0.15, -0.1) is 0 Å². The Kier molecular flexibility index (Phi) is 5.62. The Bertz CT molecular complexity index is 849. The molecule has 0 aliphatic carbocycles. The number of amides is 2. The Labute approximate surface area is 160 Å². The number of benzene rings is 2. The lowest BCUT2D eigenvalue weighted by Crippen LogP contribution is -2.46. The first-order valence-corrected chi connectivity index (χ1v) is 8.77. The number of para-hydroxylation sites is 1. The highest BCUT2D eigenvalue weighted by Crippen LogP contribution is 2.29. The van der Waals surface area contributed by atoms with E-state index in [1.807, 2.05) is 6.07 Å². The van der Waals surface area contributed by atoms with E-state index in [0.29, 0.717) is 11.3 Å². The molecular weight excluding hydrogens is 375 g/mol. The standard InChI is InChI=1S/C19H18ClFN2O4/c20-15-8-4-5-13(16(15)21)9-11-22-18(25)27-19(26)10-12-23(17(19)24)14-6-2-1-3-7-14/h1-8,26H,9-12H2,(H,22,25)/t19-/m0/s1. The molecule has 0 spiro atoms. The fourth-order valence-electron chi connectivity index (χ4n) is 2.86. The van der Waals surface area contributed by atoms with E-state index in [1.54, 1.807) is 36.4 Å². The number of aliphatic hydroxyl groups is 1. The predicted octanol–water partition coefficient (Wildman–Crippen LogP) is 2.87.